The largest absolute Gasteiger partial charge is 0.455 e. The van der Waals surface area contributed by atoms with E-state index in [1.165, 1.54) is 18.2 Å². The lowest BCUT2D eigenvalue weighted by Crippen LogP contribution is -2.03. The zero-order valence-electron chi connectivity index (χ0n) is 10.6. The molecule has 0 saturated heterocycles. The number of nitrogens with zero attached hydrogens (tertiary/aromatic N) is 1. The Morgan fingerprint density at radius 3 is 2.76 bits per heavy atom. The lowest BCUT2D eigenvalue weighted by atomic mass is 10.1. The Labute approximate surface area is 124 Å². The molecule has 1 amide bonds. The van der Waals surface area contributed by atoms with Gasteiger partial charge in [-0.25, -0.2) is 0 Å². The minimum absolute atomic E-state index is 0.101. The van der Waals surface area contributed by atoms with E-state index >= 15 is 0 Å². The Kier molecular flexibility index (Phi) is 3.23. The van der Waals surface area contributed by atoms with Crippen LogP contribution in [0.5, 0.6) is 11.5 Å². The number of amides is 1. The van der Waals surface area contributed by atoms with Gasteiger partial charge in [0, 0.05) is 23.4 Å². The average molecular weight is 305 g/mol. The molecule has 0 saturated carbocycles. The lowest BCUT2D eigenvalue weighted by molar-refractivity contribution is -0.384. The fraction of sp³-hybridized carbons (Fsp3) is 0.0714. The summed E-state index contributed by atoms with van der Waals surface area (Å²) in [6, 6.07) is 9.22. The lowest BCUT2D eigenvalue weighted by Gasteiger charge is -2.10. The molecule has 21 heavy (non-hydrogen) atoms. The van der Waals surface area contributed by atoms with Crippen molar-refractivity contribution < 1.29 is 14.5 Å². The molecule has 0 unspecified atom stereocenters. The van der Waals surface area contributed by atoms with Crippen LogP contribution in [-0.4, -0.2) is 10.8 Å². The van der Waals surface area contributed by atoms with E-state index in [1.807, 2.05) is 0 Å². The number of hydrogen-bond acceptors (Lipinski definition) is 4. The summed E-state index contributed by atoms with van der Waals surface area (Å²) in [6.07, 6.45) is 0.232. The zero-order valence-corrected chi connectivity index (χ0v) is 11.4. The van der Waals surface area contributed by atoms with Crippen LogP contribution in [0.4, 0.5) is 11.4 Å². The van der Waals surface area contributed by atoms with Gasteiger partial charge < -0.3 is 10.1 Å². The van der Waals surface area contributed by atoms with E-state index < -0.39 is 4.92 Å². The number of ether oxygens (including phenoxy) is 1. The van der Waals surface area contributed by atoms with Crippen molar-refractivity contribution in [1.82, 2.24) is 0 Å². The first-order valence-corrected chi connectivity index (χ1v) is 6.46. The van der Waals surface area contributed by atoms with E-state index in [-0.39, 0.29) is 23.0 Å². The van der Waals surface area contributed by atoms with E-state index in [0.717, 1.165) is 5.56 Å². The molecule has 0 fully saturated rings. The van der Waals surface area contributed by atoms with E-state index in [1.54, 1.807) is 18.2 Å². The van der Waals surface area contributed by atoms with Crippen molar-refractivity contribution in [2.24, 2.45) is 0 Å². The van der Waals surface area contributed by atoms with Gasteiger partial charge in [0.05, 0.1) is 16.4 Å². The number of carbonyl (C=O) groups is 1. The highest BCUT2D eigenvalue weighted by atomic mass is 35.5. The van der Waals surface area contributed by atoms with Gasteiger partial charge in [0.25, 0.3) is 5.69 Å². The van der Waals surface area contributed by atoms with E-state index in [2.05, 4.69) is 5.32 Å². The molecule has 106 valence electrons. The molecule has 1 N–H and O–H groups in total. The van der Waals surface area contributed by atoms with Crippen LogP contribution in [0.3, 0.4) is 0 Å². The Balaban J connectivity index is 1.93. The number of carbonyl (C=O) groups excluding carboxylic acids is 1. The van der Waals surface area contributed by atoms with Crippen LogP contribution in [0.1, 0.15) is 5.56 Å². The monoisotopic (exact) mass is 304 g/mol. The van der Waals surface area contributed by atoms with Crippen molar-refractivity contribution in [3.63, 3.8) is 0 Å². The Bertz CT molecular complexity index is 761. The summed E-state index contributed by atoms with van der Waals surface area (Å²) in [4.78, 5) is 21.6. The molecule has 0 bridgehead atoms. The number of nitrogens with one attached hydrogen (secondary N) is 1. The fourth-order valence-electron chi connectivity index (χ4n) is 2.12. The summed E-state index contributed by atoms with van der Waals surface area (Å²) in [6.45, 7) is 0. The normalized spacial score (nSPS) is 12.7. The number of rotatable bonds is 3. The van der Waals surface area contributed by atoms with Gasteiger partial charge in [-0.1, -0.05) is 17.7 Å². The minimum Gasteiger partial charge on any atom is -0.455 e. The number of benzene rings is 2. The van der Waals surface area contributed by atoms with Crippen LogP contribution < -0.4 is 10.1 Å². The van der Waals surface area contributed by atoms with Crippen molar-refractivity contribution in [2.75, 3.05) is 5.32 Å². The molecule has 0 atom stereocenters. The number of anilines is 1. The van der Waals surface area contributed by atoms with Gasteiger partial charge in [-0.3, -0.25) is 14.9 Å². The second kappa shape index (κ2) is 5.06. The maximum absolute atomic E-state index is 11.4. The molecule has 0 radical (unpaired) electrons. The summed E-state index contributed by atoms with van der Waals surface area (Å²) in [5, 5.41) is 13.5. The summed E-state index contributed by atoms with van der Waals surface area (Å²) in [5.74, 6) is 0.701. The number of fused-ring (bicyclic) bond motifs is 1. The van der Waals surface area contributed by atoms with Crippen molar-refractivity contribution in [1.29, 1.82) is 0 Å². The number of nitro benzene ring substituents is 1. The topological polar surface area (TPSA) is 81.5 Å². The molecule has 3 rings (SSSR count). The number of nitro groups is 1. The third kappa shape index (κ3) is 2.53. The summed E-state index contributed by atoms with van der Waals surface area (Å²) in [5.41, 5.74) is 1.34. The smallest absolute Gasteiger partial charge is 0.271 e. The first kappa shape index (κ1) is 13.4. The zero-order chi connectivity index (χ0) is 15.0. The summed E-state index contributed by atoms with van der Waals surface area (Å²) in [7, 11) is 0. The molecule has 7 heteroatoms. The highest BCUT2D eigenvalue weighted by Gasteiger charge is 2.22. The summed E-state index contributed by atoms with van der Waals surface area (Å²) >= 11 is 5.99. The predicted molar refractivity (Wildman–Crippen MR) is 77.0 cm³/mol. The van der Waals surface area contributed by atoms with E-state index in [9.17, 15) is 14.9 Å². The van der Waals surface area contributed by atoms with Gasteiger partial charge in [-0.05, 0) is 18.2 Å². The van der Waals surface area contributed by atoms with Crippen molar-refractivity contribution in [2.45, 2.75) is 6.42 Å². The third-order valence-electron chi connectivity index (χ3n) is 3.09. The maximum atomic E-state index is 11.4. The molecule has 0 aromatic heterocycles. The standard InChI is InChI=1S/C14H9ClN2O4/c15-10-6-8(17(19)20)4-5-13(10)21-12-3-1-2-11-9(12)7-14(18)16-11/h1-6H,7H2,(H,16,18). The van der Waals surface area contributed by atoms with Gasteiger partial charge in [0.2, 0.25) is 5.91 Å². The molecule has 6 nitrogen and oxygen atoms in total. The van der Waals surface area contributed by atoms with Crippen LogP contribution in [0.15, 0.2) is 36.4 Å². The van der Waals surface area contributed by atoms with Crippen molar-refractivity contribution >= 4 is 28.9 Å². The van der Waals surface area contributed by atoms with Crippen LogP contribution in [-0.2, 0) is 11.2 Å². The number of halogens is 1. The fourth-order valence-corrected chi connectivity index (χ4v) is 2.33. The SMILES string of the molecule is O=C1Cc2c(cccc2Oc2ccc([N+](=O)[O-])cc2Cl)N1. The quantitative estimate of drug-likeness (QED) is 0.694. The second-order valence-electron chi connectivity index (χ2n) is 4.48. The highest BCUT2D eigenvalue weighted by Crippen LogP contribution is 2.37. The van der Waals surface area contributed by atoms with Gasteiger partial charge in [0.15, 0.2) is 0 Å². The number of non-ortho nitro benzene ring substituents is 1. The first-order valence-electron chi connectivity index (χ1n) is 6.08. The van der Waals surface area contributed by atoms with Crippen LogP contribution >= 0.6 is 11.6 Å². The molecule has 2 aromatic rings. The summed E-state index contributed by atoms with van der Waals surface area (Å²) < 4.78 is 5.69. The molecular formula is C14H9ClN2O4. The second-order valence-corrected chi connectivity index (χ2v) is 4.89. The van der Waals surface area contributed by atoms with Crippen molar-refractivity contribution in [3.05, 3.63) is 57.1 Å². The van der Waals surface area contributed by atoms with E-state index in [4.69, 9.17) is 16.3 Å². The van der Waals surface area contributed by atoms with Gasteiger partial charge >= 0.3 is 0 Å². The molecular weight excluding hydrogens is 296 g/mol. The predicted octanol–water partition coefficient (Wildman–Crippen LogP) is 3.54. The minimum atomic E-state index is -0.529. The Morgan fingerprint density at radius 1 is 1.24 bits per heavy atom. The van der Waals surface area contributed by atoms with Gasteiger partial charge in [0.1, 0.15) is 11.5 Å². The number of hydrogen-bond donors (Lipinski definition) is 1. The maximum Gasteiger partial charge on any atom is 0.271 e. The van der Waals surface area contributed by atoms with Crippen LogP contribution in [0.2, 0.25) is 5.02 Å². The van der Waals surface area contributed by atoms with Crippen LogP contribution in [0, 0.1) is 10.1 Å². The Morgan fingerprint density at radius 2 is 2.05 bits per heavy atom. The van der Waals surface area contributed by atoms with Gasteiger partial charge in [-0.15, -0.1) is 0 Å². The third-order valence-corrected chi connectivity index (χ3v) is 3.39. The first-order chi connectivity index (χ1) is 10.0. The van der Waals surface area contributed by atoms with E-state index in [0.29, 0.717) is 17.2 Å². The molecule has 2 aromatic carbocycles. The molecule has 0 spiro atoms. The van der Waals surface area contributed by atoms with Crippen molar-refractivity contribution in [3.8, 4) is 11.5 Å². The van der Waals surface area contributed by atoms with Crippen LogP contribution in [0.25, 0.3) is 0 Å². The molecule has 1 aliphatic heterocycles. The average Bonchev–Trinajstić information content (AvgIpc) is 2.82. The molecule has 1 heterocycles. The van der Waals surface area contributed by atoms with Gasteiger partial charge in [-0.2, -0.15) is 0 Å². The molecule has 0 aliphatic carbocycles. The molecule has 1 aliphatic rings. The highest BCUT2D eigenvalue weighted by molar-refractivity contribution is 6.32. The Hall–Kier alpha value is -2.60.